The van der Waals surface area contributed by atoms with Crippen LogP contribution in [-0.4, -0.2) is 50.8 Å². The van der Waals surface area contributed by atoms with Crippen molar-refractivity contribution in [3.05, 3.63) is 46.9 Å². The maximum Gasteiger partial charge on any atom is 0.283 e. The van der Waals surface area contributed by atoms with Crippen LogP contribution in [0, 0.1) is 5.92 Å². The van der Waals surface area contributed by atoms with Crippen molar-refractivity contribution in [3.63, 3.8) is 0 Å². The molecule has 31 heavy (non-hydrogen) atoms. The number of thioether (sulfide) groups is 1. The molecule has 2 N–H and O–H groups in total. The Morgan fingerprint density at radius 2 is 2.00 bits per heavy atom. The van der Waals surface area contributed by atoms with Gasteiger partial charge in [0.2, 0.25) is 0 Å². The lowest BCUT2D eigenvalue weighted by molar-refractivity contribution is -0.0643. The number of fused-ring (bicyclic) bond motifs is 1. The molecule has 0 spiro atoms. The zero-order chi connectivity index (χ0) is 21.3. The number of H-pyrrole nitrogens is 1. The fourth-order valence-corrected chi connectivity index (χ4v) is 4.97. The number of hydrogen-bond donors (Lipinski definition) is 2. The number of rotatable bonds is 8. The first-order valence-corrected chi connectivity index (χ1v) is 11.9. The van der Waals surface area contributed by atoms with Gasteiger partial charge in [0.05, 0.1) is 23.4 Å². The van der Waals surface area contributed by atoms with Gasteiger partial charge < -0.3 is 19.6 Å². The molecular weight excluding hydrogens is 414 g/mol. The zero-order valence-electron chi connectivity index (χ0n) is 17.4. The van der Waals surface area contributed by atoms with Crippen molar-refractivity contribution in [2.75, 3.05) is 25.6 Å². The highest BCUT2D eigenvalue weighted by Crippen LogP contribution is 2.31. The van der Waals surface area contributed by atoms with E-state index in [0.29, 0.717) is 60.3 Å². The predicted octanol–water partition coefficient (Wildman–Crippen LogP) is 3.53. The minimum Gasteiger partial charge on any atom is -0.493 e. The molecule has 2 aromatic heterocycles. The summed E-state index contributed by atoms with van der Waals surface area (Å²) in [5.41, 5.74) is 1.06. The van der Waals surface area contributed by atoms with E-state index in [2.05, 4.69) is 4.98 Å². The van der Waals surface area contributed by atoms with Gasteiger partial charge in [-0.3, -0.25) is 9.36 Å². The second-order valence-corrected chi connectivity index (χ2v) is 9.52. The van der Waals surface area contributed by atoms with Gasteiger partial charge in [-0.15, -0.1) is 0 Å². The first kappa shape index (κ1) is 20.6. The number of ether oxygens (including phenoxy) is 2. The SMILES string of the molecule is O=c1c2[nH]ccc2nc(SCCC2(O)CCOCC2)n1-c1ccc(OCC2CC2)cc1. The van der Waals surface area contributed by atoms with Crippen LogP contribution in [0.1, 0.15) is 32.1 Å². The second-order valence-electron chi connectivity index (χ2n) is 8.46. The summed E-state index contributed by atoms with van der Waals surface area (Å²) in [6.45, 7) is 1.94. The first-order chi connectivity index (χ1) is 15.1. The standard InChI is InChI=1S/C23H27N3O4S/c27-21-20-19(7-11-24-20)25-22(31-14-10-23(28)8-12-29-13-9-23)26(21)17-3-5-18(6-4-17)30-15-16-1-2-16/h3-7,11,16,24,28H,1-2,8-10,12-15H2. The molecule has 7 nitrogen and oxygen atoms in total. The van der Waals surface area contributed by atoms with Crippen LogP contribution in [0.4, 0.5) is 0 Å². The highest BCUT2D eigenvalue weighted by Gasteiger charge is 2.29. The molecule has 1 saturated heterocycles. The van der Waals surface area contributed by atoms with Gasteiger partial charge in [-0.25, -0.2) is 4.98 Å². The molecule has 5 rings (SSSR count). The smallest absolute Gasteiger partial charge is 0.283 e. The summed E-state index contributed by atoms with van der Waals surface area (Å²) in [5, 5.41) is 11.4. The summed E-state index contributed by atoms with van der Waals surface area (Å²) in [5.74, 6) is 2.17. The third kappa shape index (κ3) is 4.66. The molecule has 2 fully saturated rings. The van der Waals surface area contributed by atoms with Crippen LogP contribution in [0.15, 0.2) is 46.5 Å². The van der Waals surface area contributed by atoms with Crippen LogP contribution in [0.3, 0.4) is 0 Å². The number of nitrogens with one attached hydrogen (secondary N) is 1. The monoisotopic (exact) mass is 441 g/mol. The van der Waals surface area contributed by atoms with Crippen LogP contribution in [0.5, 0.6) is 5.75 Å². The molecule has 8 heteroatoms. The molecule has 0 atom stereocenters. The Morgan fingerprint density at radius 1 is 1.23 bits per heavy atom. The minimum absolute atomic E-state index is 0.131. The largest absolute Gasteiger partial charge is 0.493 e. The van der Waals surface area contributed by atoms with Gasteiger partial charge in [-0.1, -0.05) is 11.8 Å². The van der Waals surface area contributed by atoms with Crippen molar-refractivity contribution in [2.24, 2.45) is 5.92 Å². The summed E-state index contributed by atoms with van der Waals surface area (Å²) in [7, 11) is 0. The third-order valence-corrected chi connectivity index (χ3v) is 6.99. The molecule has 1 aliphatic carbocycles. The maximum atomic E-state index is 13.2. The van der Waals surface area contributed by atoms with E-state index in [9.17, 15) is 9.90 Å². The Hall–Kier alpha value is -2.29. The van der Waals surface area contributed by atoms with Crippen LogP contribution in [0.2, 0.25) is 0 Å². The Balaban J connectivity index is 1.39. The molecule has 0 bridgehead atoms. The normalized spacial score (nSPS) is 18.4. The zero-order valence-corrected chi connectivity index (χ0v) is 18.2. The van der Waals surface area contributed by atoms with E-state index < -0.39 is 5.60 Å². The van der Waals surface area contributed by atoms with E-state index in [1.807, 2.05) is 30.3 Å². The minimum atomic E-state index is -0.699. The molecule has 164 valence electrons. The highest BCUT2D eigenvalue weighted by atomic mass is 32.2. The van der Waals surface area contributed by atoms with Crippen molar-refractivity contribution in [3.8, 4) is 11.4 Å². The van der Waals surface area contributed by atoms with Crippen LogP contribution < -0.4 is 10.3 Å². The lowest BCUT2D eigenvalue weighted by atomic mass is 9.92. The number of nitrogens with zero attached hydrogens (tertiary/aromatic N) is 2. The lowest BCUT2D eigenvalue weighted by Crippen LogP contribution is -2.36. The average Bonchev–Trinajstić information content (AvgIpc) is 3.48. The Kier molecular flexibility index (Phi) is 5.77. The number of benzene rings is 1. The van der Waals surface area contributed by atoms with E-state index in [4.69, 9.17) is 14.5 Å². The summed E-state index contributed by atoms with van der Waals surface area (Å²) in [6, 6.07) is 9.42. The summed E-state index contributed by atoms with van der Waals surface area (Å²) in [4.78, 5) is 21.0. The molecule has 2 aliphatic rings. The van der Waals surface area contributed by atoms with E-state index in [0.717, 1.165) is 18.0 Å². The van der Waals surface area contributed by atoms with Crippen molar-refractivity contribution >= 4 is 22.8 Å². The van der Waals surface area contributed by atoms with E-state index in [1.165, 1.54) is 24.6 Å². The van der Waals surface area contributed by atoms with E-state index in [-0.39, 0.29) is 5.56 Å². The Morgan fingerprint density at radius 3 is 2.74 bits per heavy atom. The second kappa shape index (κ2) is 8.68. The van der Waals surface area contributed by atoms with Crippen molar-refractivity contribution in [1.29, 1.82) is 0 Å². The van der Waals surface area contributed by atoms with Gasteiger partial charge in [0.1, 0.15) is 11.3 Å². The Labute approximate surface area is 184 Å². The van der Waals surface area contributed by atoms with Crippen LogP contribution >= 0.6 is 11.8 Å². The van der Waals surface area contributed by atoms with Crippen molar-refractivity contribution in [2.45, 2.75) is 42.9 Å². The van der Waals surface area contributed by atoms with Crippen LogP contribution in [-0.2, 0) is 4.74 Å². The lowest BCUT2D eigenvalue weighted by Gasteiger charge is -2.31. The molecule has 1 saturated carbocycles. The topological polar surface area (TPSA) is 89.4 Å². The fraction of sp³-hybridized carbons (Fsp3) is 0.478. The van der Waals surface area contributed by atoms with Gasteiger partial charge in [0, 0.05) is 25.2 Å². The molecule has 1 aliphatic heterocycles. The average molecular weight is 442 g/mol. The van der Waals surface area contributed by atoms with Gasteiger partial charge in [0.25, 0.3) is 5.56 Å². The summed E-state index contributed by atoms with van der Waals surface area (Å²) in [6.07, 6.45) is 6.16. The highest BCUT2D eigenvalue weighted by molar-refractivity contribution is 7.99. The van der Waals surface area contributed by atoms with Gasteiger partial charge in [-0.2, -0.15) is 0 Å². The van der Waals surface area contributed by atoms with Crippen molar-refractivity contribution in [1.82, 2.24) is 14.5 Å². The number of aliphatic hydroxyl groups is 1. The molecular formula is C23H27N3O4S. The molecule has 3 aromatic rings. The van der Waals surface area contributed by atoms with Gasteiger partial charge in [-0.05, 0) is 68.4 Å². The maximum absolute atomic E-state index is 13.2. The van der Waals surface area contributed by atoms with Crippen molar-refractivity contribution < 1.29 is 14.6 Å². The van der Waals surface area contributed by atoms with E-state index in [1.54, 1.807) is 10.8 Å². The molecule has 0 radical (unpaired) electrons. The van der Waals surface area contributed by atoms with Gasteiger partial charge in [0.15, 0.2) is 5.16 Å². The molecule has 1 aromatic carbocycles. The number of aromatic amines is 1. The van der Waals surface area contributed by atoms with Gasteiger partial charge >= 0.3 is 0 Å². The molecule has 0 unspecified atom stereocenters. The molecule has 0 amide bonds. The number of hydrogen-bond acceptors (Lipinski definition) is 6. The molecule has 3 heterocycles. The quantitative estimate of drug-likeness (QED) is 0.411. The third-order valence-electron chi connectivity index (χ3n) is 6.05. The van der Waals surface area contributed by atoms with E-state index >= 15 is 0 Å². The Bertz CT molecular complexity index is 1100. The predicted molar refractivity (Wildman–Crippen MR) is 120 cm³/mol. The summed E-state index contributed by atoms with van der Waals surface area (Å²) < 4.78 is 12.8. The summed E-state index contributed by atoms with van der Waals surface area (Å²) >= 11 is 1.50. The number of aromatic nitrogens is 3. The fourth-order valence-electron chi connectivity index (χ4n) is 3.83. The van der Waals surface area contributed by atoms with Crippen LogP contribution in [0.25, 0.3) is 16.7 Å². The first-order valence-electron chi connectivity index (χ1n) is 10.9.